The molecule has 1 saturated heterocycles. The van der Waals surface area contributed by atoms with Crippen LogP contribution < -0.4 is 5.32 Å². The Balaban J connectivity index is 1.87. The molecule has 0 aromatic carbocycles. The molecule has 2 aliphatic rings. The first-order chi connectivity index (χ1) is 10.3. The highest BCUT2D eigenvalue weighted by molar-refractivity contribution is 5.76. The van der Waals surface area contributed by atoms with E-state index in [-0.39, 0.29) is 17.4 Å². The molecule has 126 valence electrons. The number of nitrogens with zero attached hydrogens (tertiary/aromatic N) is 1. The van der Waals surface area contributed by atoms with Crippen molar-refractivity contribution in [1.29, 1.82) is 0 Å². The van der Waals surface area contributed by atoms with Gasteiger partial charge in [0.05, 0.1) is 5.92 Å². The zero-order valence-electron chi connectivity index (χ0n) is 14.1. The standard InChI is InChI=1S/C17H30N2O3/c1-12-8-13(15(20)21)10-19(9-12)16(22)18-11-17(2,3)14-6-4-5-7-14/h12-14H,4-11H2,1-3H3,(H,18,22)(H,20,21). The van der Waals surface area contributed by atoms with E-state index in [0.29, 0.717) is 32.0 Å². The van der Waals surface area contributed by atoms with Gasteiger partial charge in [0, 0.05) is 19.6 Å². The Morgan fingerprint density at radius 1 is 1.23 bits per heavy atom. The molecule has 0 aromatic rings. The molecular weight excluding hydrogens is 280 g/mol. The number of amides is 2. The molecule has 0 spiro atoms. The summed E-state index contributed by atoms with van der Waals surface area (Å²) in [6, 6.07) is -0.108. The van der Waals surface area contributed by atoms with Crippen LogP contribution in [-0.4, -0.2) is 41.6 Å². The van der Waals surface area contributed by atoms with Gasteiger partial charge in [-0.1, -0.05) is 33.6 Å². The molecule has 2 amide bonds. The van der Waals surface area contributed by atoms with Crippen molar-refractivity contribution in [3.05, 3.63) is 0 Å². The maximum Gasteiger partial charge on any atom is 0.317 e. The molecule has 0 aromatic heterocycles. The van der Waals surface area contributed by atoms with E-state index in [9.17, 15) is 14.7 Å². The predicted molar refractivity (Wildman–Crippen MR) is 85.6 cm³/mol. The monoisotopic (exact) mass is 310 g/mol. The lowest BCUT2D eigenvalue weighted by atomic mass is 9.78. The summed E-state index contributed by atoms with van der Waals surface area (Å²) in [5, 5.41) is 12.2. The third-order valence-corrected chi connectivity index (χ3v) is 5.45. The Labute approximate surface area is 133 Å². The summed E-state index contributed by atoms with van der Waals surface area (Å²) in [4.78, 5) is 25.3. The van der Waals surface area contributed by atoms with Gasteiger partial charge in [-0.05, 0) is 36.5 Å². The molecular formula is C17H30N2O3. The number of hydrogen-bond donors (Lipinski definition) is 2. The maximum absolute atomic E-state index is 12.4. The Morgan fingerprint density at radius 2 is 1.86 bits per heavy atom. The highest BCUT2D eigenvalue weighted by Gasteiger charge is 2.34. The van der Waals surface area contributed by atoms with E-state index in [1.165, 1.54) is 25.7 Å². The number of aliphatic carboxylic acids is 1. The minimum Gasteiger partial charge on any atom is -0.481 e. The fourth-order valence-corrected chi connectivity index (χ4v) is 3.96. The van der Waals surface area contributed by atoms with Crippen LogP contribution in [0.5, 0.6) is 0 Å². The number of carboxylic acid groups (broad SMARTS) is 1. The SMILES string of the molecule is CC1CC(C(=O)O)CN(C(=O)NCC(C)(C)C2CCCC2)C1. The second kappa shape index (κ2) is 6.88. The number of rotatable bonds is 4. The highest BCUT2D eigenvalue weighted by atomic mass is 16.4. The molecule has 2 rings (SSSR count). The quantitative estimate of drug-likeness (QED) is 0.838. The van der Waals surface area contributed by atoms with Crippen molar-refractivity contribution in [3.8, 4) is 0 Å². The maximum atomic E-state index is 12.4. The van der Waals surface area contributed by atoms with E-state index in [4.69, 9.17) is 0 Å². The van der Waals surface area contributed by atoms with E-state index in [1.807, 2.05) is 6.92 Å². The molecule has 1 aliphatic heterocycles. The van der Waals surface area contributed by atoms with Crippen LogP contribution in [-0.2, 0) is 4.79 Å². The molecule has 2 N–H and O–H groups in total. The van der Waals surface area contributed by atoms with Crippen LogP contribution in [0.2, 0.25) is 0 Å². The Morgan fingerprint density at radius 3 is 2.45 bits per heavy atom. The zero-order valence-corrected chi connectivity index (χ0v) is 14.1. The van der Waals surface area contributed by atoms with Crippen molar-refractivity contribution < 1.29 is 14.7 Å². The molecule has 0 bridgehead atoms. The first-order valence-corrected chi connectivity index (χ1v) is 8.55. The lowest BCUT2D eigenvalue weighted by Crippen LogP contribution is -2.51. The van der Waals surface area contributed by atoms with Crippen LogP contribution in [0.25, 0.3) is 0 Å². The normalized spacial score (nSPS) is 27.0. The highest BCUT2D eigenvalue weighted by Crippen LogP contribution is 2.39. The topological polar surface area (TPSA) is 69.6 Å². The number of hydrogen-bond acceptors (Lipinski definition) is 2. The summed E-state index contributed by atoms with van der Waals surface area (Å²) in [7, 11) is 0. The molecule has 1 heterocycles. The van der Waals surface area contributed by atoms with Crippen LogP contribution in [0.4, 0.5) is 4.79 Å². The number of carboxylic acids is 1. The average Bonchev–Trinajstić information content (AvgIpc) is 2.99. The summed E-state index contributed by atoms with van der Waals surface area (Å²) in [5.41, 5.74) is 0.111. The molecule has 5 nitrogen and oxygen atoms in total. The Kier molecular flexibility index (Phi) is 5.35. The predicted octanol–water partition coefficient (Wildman–Crippen LogP) is 2.96. The molecule has 1 saturated carbocycles. The molecule has 5 heteroatoms. The number of piperidine rings is 1. The molecule has 0 radical (unpaired) electrons. The zero-order chi connectivity index (χ0) is 16.3. The first kappa shape index (κ1) is 17.1. The Bertz CT molecular complexity index is 416. The number of nitrogens with one attached hydrogen (secondary N) is 1. The second-order valence-electron chi connectivity index (χ2n) is 7.91. The van der Waals surface area contributed by atoms with Gasteiger partial charge < -0.3 is 15.3 Å². The lowest BCUT2D eigenvalue weighted by Gasteiger charge is -2.37. The van der Waals surface area contributed by atoms with Crippen LogP contribution in [0.1, 0.15) is 52.9 Å². The molecule has 2 fully saturated rings. The van der Waals surface area contributed by atoms with Crippen molar-refractivity contribution in [1.82, 2.24) is 10.2 Å². The summed E-state index contributed by atoms with van der Waals surface area (Å²) < 4.78 is 0. The van der Waals surface area contributed by atoms with E-state index >= 15 is 0 Å². The van der Waals surface area contributed by atoms with Crippen molar-refractivity contribution in [2.75, 3.05) is 19.6 Å². The van der Waals surface area contributed by atoms with E-state index in [0.717, 1.165) is 0 Å². The van der Waals surface area contributed by atoms with Gasteiger partial charge in [0.2, 0.25) is 0 Å². The van der Waals surface area contributed by atoms with E-state index in [1.54, 1.807) is 4.90 Å². The van der Waals surface area contributed by atoms with Gasteiger partial charge in [0.1, 0.15) is 0 Å². The van der Waals surface area contributed by atoms with Gasteiger partial charge in [-0.3, -0.25) is 4.79 Å². The third kappa shape index (κ3) is 4.14. The van der Waals surface area contributed by atoms with Crippen LogP contribution >= 0.6 is 0 Å². The van der Waals surface area contributed by atoms with Gasteiger partial charge in [-0.15, -0.1) is 0 Å². The molecule has 2 unspecified atom stereocenters. The summed E-state index contributed by atoms with van der Waals surface area (Å²) in [6.07, 6.45) is 5.76. The smallest absolute Gasteiger partial charge is 0.317 e. The number of carbonyl (C=O) groups excluding carboxylic acids is 1. The summed E-state index contributed by atoms with van der Waals surface area (Å²) in [6.45, 7) is 8.11. The third-order valence-electron chi connectivity index (χ3n) is 5.45. The van der Waals surface area contributed by atoms with Gasteiger partial charge in [0.25, 0.3) is 0 Å². The number of likely N-dealkylation sites (tertiary alicyclic amines) is 1. The van der Waals surface area contributed by atoms with Gasteiger partial charge >= 0.3 is 12.0 Å². The minimum atomic E-state index is -0.796. The molecule has 1 aliphatic carbocycles. The number of urea groups is 1. The summed E-state index contributed by atoms with van der Waals surface area (Å²) >= 11 is 0. The Hall–Kier alpha value is -1.26. The second-order valence-corrected chi connectivity index (χ2v) is 7.91. The average molecular weight is 310 g/mol. The van der Waals surface area contributed by atoms with Crippen LogP contribution in [0.15, 0.2) is 0 Å². The van der Waals surface area contributed by atoms with E-state index in [2.05, 4.69) is 19.2 Å². The van der Waals surface area contributed by atoms with Gasteiger partial charge in [0.15, 0.2) is 0 Å². The van der Waals surface area contributed by atoms with Crippen molar-refractivity contribution in [2.45, 2.75) is 52.9 Å². The lowest BCUT2D eigenvalue weighted by molar-refractivity contribution is -0.143. The van der Waals surface area contributed by atoms with Crippen molar-refractivity contribution in [2.24, 2.45) is 23.2 Å². The van der Waals surface area contributed by atoms with Crippen LogP contribution in [0, 0.1) is 23.2 Å². The fourth-order valence-electron chi connectivity index (χ4n) is 3.96. The van der Waals surface area contributed by atoms with E-state index < -0.39 is 11.9 Å². The van der Waals surface area contributed by atoms with Crippen molar-refractivity contribution >= 4 is 12.0 Å². The first-order valence-electron chi connectivity index (χ1n) is 8.55. The van der Waals surface area contributed by atoms with Crippen LogP contribution in [0.3, 0.4) is 0 Å². The van der Waals surface area contributed by atoms with Gasteiger partial charge in [-0.25, -0.2) is 4.79 Å². The minimum absolute atomic E-state index is 0.108. The molecule has 22 heavy (non-hydrogen) atoms. The number of carbonyl (C=O) groups is 2. The molecule has 2 atom stereocenters. The largest absolute Gasteiger partial charge is 0.481 e. The fraction of sp³-hybridized carbons (Fsp3) is 0.882. The summed E-state index contributed by atoms with van der Waals surface area (Å²) in [5.74, 6) is -0.309. The van der Waals surface area contributed by atoms with Gasteiger partial charge in [-0.2, -0.15) is 0 Å². The van der Waals surface area contributed by atoms with Crippen molar-refractivity contribution in [3.63, 3.8) is 0 Å².